The number of unbranched alkanes of at least 4 members (excludes halogenated alkanes) is 1. The van der Waals surface area contributed by atoms with Gasteiger partial charge in [-0.2, -0.15) is 0 Å². The normalized spacial score (nSPS) is 14.1. The molecule has 0 radical (unpaired) electrons. The van der Waals surface area contributed by atoms with Gasteiger partial charge in [0.1, 0.15) is 12.6 Å². The molecule has 194 valence electrons. The van der Waals surface area contributed by atoms with Gasteiger partial charge in [-0.1, -0.05) is 68.3 Å². The first-order chi connectivity index (χ1) is 18.5. The van der Waals surface area contributed by atoms with Crippen LogP contribution in [0.2, 0.25) is 5.02 Å². The molecule has 0 fully saturated rings. The molecule has 3 aromatic carbocycles. The molecule has 0 saturated heterocycles. The Hall–Kier alpha value is -3.83. The Morgan fingerprint density at radius 1 is 0.868 bits per heavy atom. The number of carbonyl (C=O) groups excluding carboxylic acids is 2. The van der Waals surface area contributed by atoms with E-state index in [-0.39, 0.29) is 24.4 Å². The highest BCUT2D eigenvalue weighted by Gasteiger charge is 2.37. The smallest absolute Gasteiger partial charge is 0.254 e. The summed E-state index contributed by atoms with van der Waals surface area (Å²) in [6, 6.07) is 26.9. The lowest BCUT2D eigenvalue weighted by molar-refractivity contribution is -0.119. The Morgan fingerprint density at radius 2 is 1.58 bits per heavy atom. The number of aryl methyl sites for hydroxylation is 1. The van der Waals surface area contributed by atoms with Gasteiger partial charge in [0.25, 0.3) is 5.91 Å². The standard InChI is InChI=1S/C32H32ClN3O2/c1-3-5-20-34(32(38)25-14-12-23(4-2)13-15-25)22-30(37)36-28-10-7-6-9-27(28)35-21-8-11-29(35)31(36)24-16-18-26(33)19-17-24/h6-19,21,31H,3-5,20,22H2,1-2H3. The number of rotatable bonds is 8. The van der Waals surface area contributed by atoms with E-state index in [1.54, 1.807) is 4.90 Å². The van der Waals surface area contributed by atoms with Crippen LogP contribution >= 0.6 is 11.6 Å². The number of benzene rings is 3. The molecule has 4 aromatic rings. The van der Waals surface area contributed by atoms with Gasteiger partial charge < -0.3 is 9.47 Å². The van der Waals surface area contributed by atoms with Crippen molar-refractivity contribution < 1.29 is 9.59 Å². The summed E-state index contributed by atoms with van der Waals surface area (Å²) in [5, 5.41) is 0.642. The summed E-state index contributed by atoms with van der Waals surface area (Å²) >= 11 is 6.21. The van der Waals surface area contributed by atoms with Crippen molar-refractivity contribution in [1.29, 1.82) is 0 Å². The lowest BCUT2D eigenvalue weighted by Crippen LogP contribution is -2.47. The third-order valence-electron chi connectivity index (χ3n) is 7.18. The van der Waals surface area contributed by atoms with Crippen LogP contribution in [0.25, 0.3) is 5.69 Å². The van der Waals surface area contributed by atoms with Crippen LogP contribution in [-0.2, 0) is 11.2 Å². The molecule has 6 heteroatoms. The van der Waals surface area contributed by atoms with E-state index in [9.17, 15) is 9.59 Å². The van der Waals surface area contributed by atoms with Crippen molar-refractivity contribution in [2.24, 2.45) is 0 Å². The highest BCUT2D eigenvalue weighted by atomic mass is 35.5. The van der Waals surface area contributed by atoms with Crippen LogP contribution in [0.1, 0.15) is 59.9 Å². The highest BCUT2D eigenvalue weighted by Crippen LogP contribution is 2.42. The largest absolute Gasteiger partial charge is 0.329 e. The van der Waals surface area contributed by atoms with Crippen molar-refractivity contribution in [3.05, 3.63) is 119 Å². The average molecular weight is 526 g/mol. The van der Waals surface area contributed by atoms with Gasteiger partial charge in [0.15, 0.2) is 0 Å². The summed E-state index contributed by atoms with van der Waals surface area (Å²) in [5.41, 5.74) is 5.48. The zero-order valence-electron chi connectivity index (χ0n) is 21.8. The molecule has 5 rings (SSSR count). The molecular weight excluding hydrogens is 494 g/mol. The first-order valence-electron chi connectivity index (χ1n) is 13.2. The average Bonchev–Trinajstić information content (AvgIpc) is 3.45. The Labute approximate surface area is 229 Å². The molecule has 5 nitrogen and oxygen atoms in total. The van der Waals surface area contributed by atoms with Gasteiger partial charge in [0.05, 0.1) is 17.1 Å². The molecular formula is C32H32ClN3O2. The van der Waals surface area contributed by atoms with E-state index in [0.29, 0.717) is 17.1 Å². The second-order valence-corrected chi connectivity index (χ2v) is 10.1. The maximum absolute atomic E-state index is 14.2. The molecule has 0 bridgehead atoms. The molecule has 0 aliphatic carbocycles. The fourth-order valence-electron chi connectivity index (χ4n) is 5.13. The number of hydrogen-bond donors (Lipinski definition) is 0. The number of hydrogen-bond acceptors (Lipinski definition) is 2. The van der Waals surface area contributed by atoms with Crippen molar-refractivity contribution in [2.45, 2.75) is 39.2 Å². The molecule has 0 saturated carbocycles. The van der Waals surface area contributed by atoms with Crippen LogP contribution in [0.5, 0.6) is 0 Å². The molecule has 1 aliphatic heterocycles. The van der Waals surface area contributed by atoms with Gasteiger partial charge in [-0.15, -0.1) is 0 Å². The molecule has 1 aromatic heterocycles. The zero-order valence-corrected chi connectivity index (χ0v) is 22.6. The molecule has 1 atom stereocenters. The first kappa shape index (κ1) is 25.8. The monoisotopic (exact) mass is 525 g/mol. The number of aromatic nitrogens is 1. The second kappa shape index (κ2) is 11.3. The third kappa shape index (κ3) is 4.99. The second-order valence-electron chi connectivity index (χ2n) is 9.64. The minimum atomic E-state index is -0.350. The summed E-state index contributed by atoms with van der Waals surface area (Å²) in [6.45, 7) is 4.70. The van der Waals surface area contributed by atoms with Crippen LogP contribution in [0.15, 0.2) is 91.1 Å². The number of para-hydroxylation sites is 2. The van der Waals surface area contributed by atoms with Gasteiger partial charge in [0.2, 0.25) is 5.91 Å². The van der Waals surface area contributed by atoms with Gasteiger partial charge in [0, 0.05) is 23.3 Å². The molecule has 2 heterocycles. The Balaban J connectivity index is 1.53. The summed E-state index contributed by atoms with van der Waals surface area (Å²) in [5.74, 6) is -0.245. The maximum atomic E-state index is 14.2. The lowest BCUT2D eigenvalue weighted by atomic mass is 9.97. The van der Waals surface area contributed by atoms with Crippen molar-refractivity contribution >= 4 is 29.1 Å². The fraction of sp³-hybridized carbons (Fsp3) is 0.250. The van der Waals surface area contributed by atoms with Gasteiger partial charge in [-0.3, -0.25) is 14.5 Å². The maximum Gasteiger partial charge on any atom is 0.254 e. The zero-order chi connectivity index (χ0) is 26.6. The number of fused-ring (bicyclic) bond motifs is 3. The number of carbonyl (C=O) groups is 2. The Morgan fingerprint density at radius 3 is 2.26 bits per heavy atom. The summed E-state index contributed by atoms with van der Waals surface area (Å²) in [7, 11) is 0. The predicted octanol–water partition coefficient (Wildman–Crippen LogP) is 7.07. The molecule has 1 aliphatic rings. The molecule has 0 N–H and O–H groups in total. The Bertz CT molecular complexity index is 1430. The number of amides is 2. The third-order valence-corrected chi connectivity index (χ3v) is 7.43. The van der Waals surface area contributed by atoms with Crippen molar-refractivity contribution in [3.63, 3.8) is 0 Å². The summed E-state index contributed by atoms with van der Waals surface area (Å²) < 4.78 is 2.13. The van der Waals surface area contributed by atoms with Crippen LogP contribution in [0.3, 0.4) is 0 Å². The lowest BCUT2D eigenvalue weighted by Gasteiger charge is -2.39. The van der Waals surface area contributed by atoms with E-state index in [0.717, 1.165) is 41.9 Å². The van der Waals surface area contributed by atoms with E-state index in [4.69, 9.17) is 11.6 Å². The molecule has 1 unspecified atom stereocenters. The number of anilines is 1. The minimum Gasteiger partial charge on any atom is -0.329 e. The SMILES string of the molecule is CCCCN(CC(=O)N1c2ccccc2-n2cccc2C1c1ccc(Cl)cc1)C(=O)c1ccc(CC)cc1. The van der Waals surface area contributed by atoms with Crippen LogP contribution in [0, 0.1) is 0 Å². The van der Waals surface area contributed by atoms with E-state index in [2.05, 4.69) is 18.4 Å². The van der Waals surface area contributed by atoms with Crippen molar-refractivity contribution in [3.8, 4) is 5.69 Å². The van der Waals surface area contributed by atoms with Crippen LogP contribution in [-0.4, -0.2) is 34.4 Å². The predicted molar refractivity (Wildman–Crippen MR) is 153 cm³/mol. The topological polar surface area (TPSA) is 45.6 Å². The molecule has 38 heavy (non-hydrogen) atoms. The molecule has 0 spiro atoms. The van der Waals surface area contributed by atoms with Crippen molar-refractivity contribution in [2.75, 3.05) is 18.0 Å². The number of nitrogens with zero attached hydrogens (tertiary/aromatic N) is 3. The van der Waals surface area contributed by atoms with Gasteiger partial charge in [-0.25, -0.2) is 0 Å². The van der Waals surface area contributed by atoms with Crippen LogP contribution in [0.4, 0.5) is 5.69 Å². The van der Waals surface area contributed by atoms with Gasteiger partial charge in [-0.05, 0) is 72.5 Å². The minimum absolute atomic E-state index is 0.00645. The Kier molecular flexibility index (Phi) is 7.66. The van der Waals surface area contributed by atoms with Gasteiger partial charge >= 0.3 is 0 Å². The quantitative estimate of drug-likeness (QED) is 0.247. The number of halogens is 1. The summed E-state index contributed by atoms with van der Waals surface area (Å²) in [4.78, 5) is 31.4. The fourth-order valence-corrected chi connectivity index (χ4v) is 5.25. The van der Waals surface area contributed by atoms with E-state index in [1.807, 2.05) is 96.0 Å². The van der Waals surface area contributed by atoms with Crippen LogP contribution < -0.4 is 4.90 Å². The van der Waals surface area contributed by atoms with E-state index < -0.39 is 0 Å². The first-order valence-corrected chi connectivity index (χ1v) is 13.6. The van der Waals surface area contributed by atoms with E-state index in [1.165, 1.54) is 5.56 Å². The molecule has 2 amide bonds. The van der Waals surface area contributed by atoms with Crippen molar-refractivity contribution in [1.82, 2.24) is 9.47 Å². The van der Waals surface area contributed by atoms with E-state index >= 15 is 0 Å². The highest BCUT2D eigenvalue weighted by molar-refractivity contribution is 6.30. The summed E-state index contributed by atoms with van der Waals surface area (Å²) in [6.07, 6.45) is 4.69.